The second-order valence-corrected chi connectivity index (χ2v) is 3.56. The number of hydrogen-bond donors (Lipinski definition) is 1. The highest BCUT2D eigenvalue weighted by molar-refractivity contribution is 4.76. The monoisotopic (exact) mass is 186 g/mol. The van der Waals surface area contributed by atoms with Crippen LogP contribution in [0.5, 0.6) is 0 Å². The molecule has 1 saturated heterocycles. The van der Waals surface area contributed by atoms with Crippen LogP contribution in [0.3, 0.4) is 0 Å². The number of rotatable bonds is 5. The van der Waals surface area contributed by atoms with Crippen molar-refractivity contribution in [3.63, 3.8) is 0 Å². The smallest absolute Gasteiger partial charge is 0.0593 e. The highest BCUT2D eigenvalue weighted by Gasteiger charge is 2.16. The molecule has 13 heavy (non-hydrogen) atoms. The molecule has 0 bridgehead atoms. The molecule has 0 radical (unpaired) electrons. The first-order valence-electron chi connectivity index (χ1n) is 5.40. The summed E-state index contributed by atoms with van der Waals surface area (Å²) in [5.41, 5.74) is 0. The van der Waals surface area contributed by atoms with Gasteiger partial charge in [-0.1, -0.05) is 6.92 Å². The van der Waals surface area contributed by atoms with Gasteiger partial charge in [-0.05, 0) is 13.3 Å². The van der Waals surface area contributed by atoms with Crippen molar-refractivity contribution < 1.29 is 4.74 Å². The minimum atomic E-state index is 0.690. The van der Waals surface area contributed by atoms with Crippen LogP contribution < -0.4 is 5.32 Å². The predicted octanol–water partition coefficient (Wildman–Crippen LogP) is 0.707. The third-order valence-electron chi connectivity index (χ3n) is 2.59. The lowest BCUT2D eigenvalue weighted by Crippen LogP contribution is -2.51. The first-order chi connectivity index (χ1) is 6.36. The molecule has 0 aromatic carbocycles. The predicted molar refractivity (Wildman–Crippen MR) is 55.0 cm³/mol. The molecule has 3 heteroatoms. The fourth-order valence-electron chi connectivity index (χ4n) is 1.71. The van der Waals surface area contributed by atoms with E-state index in [0.29, 0.717) is 6.04 Å². The number of ether oxygens (including phenoxy) is 1. The van der Waals surface area contributed by atoms with Crippen LogP contribution in [0.2, 0.25) is 0 Å². The van der Waals surface area contributed by atoms with E-state index in [1.165, 1.54) is 19.5 Å². The molecule has 1 aliphatic rings. The number of nitrogens with one attached hydrogen (secondary N) is 1. The molecule has 0 aromatic heterocycles. The minimum absolute atomic E-state index is 0.690. The quantitative estimate of drug-likeness (QED) is 0.640. The lowest BCUT2D eigenvalue weighted by Gasteiger charge is -2.33. The molecule has 0 saturated carbocycles. The van der Waals surface area contributed by atoms with Gasteiger partial charge in [-0.2, -0.15) is 0 Å². The molecule has 1 unspecified atom stereocenters. The Morgan fingerprint density at radius 2 is 2.31 bits per heavy atom. The lowest BCUT2D eigenvalue weighted by molar-refractivity contribution is 0.0990. The summed E-state index contributed by atoms with van der Waals surface area (Å²) in [4.78, 5) is 2.49. The van der Waals surface area contributed by atoms with E-state index < -0.39 is 0 Å². The third-order valence-corrected chi connectivity index (χ3v) is 2.59. The normalized spacial score (nSPS) is 24.9. The molecule has 0 amide bonds. The van der Waals surface area contributed by atoms with Crippen LogP contribution in [-0.2, 0) is 4.74 Å². The van der Waals surface area contributed by atoms with Crippen LogP contribution in [0.15, 0.2) is 0 Å². The first kappa shape index (κ1) is 11.0. The van der Waals surface area contributed by atoms with E-state index in [2.05, 4.69) is 17.1 Å². The van der Waals surface area contributed by atoms with Crippen molar-refractivity contribution in [2.45, 2.75) is 26.3 Å². The second kappa shape index (κ2) is 6.35. The van der Waals surface area contributed by atoms with Crippen molar-refractivity contribution in [1.29, 1.82) is 0 Å². The summed E-state index contributed by atoms with van der Waals surface area (Å²) in [7, 11) is 0. The van der Waals surface area contributed by atoms with Crippen LogP contribution in [0.25, 0.3) is 0 Å². The molecule has 1 aliphatic heterocycles. The highest BCUT2D eigenvalue weighted by Crippen LogP contribution is 2.01. The zero-order valence-electron chi connectivity index (χ0n) is 8.88. The SMILES string of the molecule is CCOCCN1CCNC(CC)C1. The molecule has 1 fully saturated rings. The van der Waals surface area contributed by atoms with E-state index >= 15 is 0 Å². The molecule has 1 heterocycles. The zero-order chi connectivity index (χ0) is 9.52. The largest absolute Gasteiger partial charge is 0.380 e. The summed E-state index contributed by atoms with van der Waals surface area (Å²) in [6.45, 7) is 10.6. The van der Waals surface area contributed by atoms with Crippen molar-refractivity contribution in [2.75, 3.05) is 39.4 Å². The second-order valence-electron chi connectivity index (χ2n) is 3.56. The van der Waals surface area contributed by atoms with E-state index in [-0.39, 0.29) is 0 Å². The Kier molecular flexibility index (Phi) is 5.35. The summed E-state index contributed by atoms with van der Waals surface area (Å²) < 4.78 is 5.34. The fourth-order valence-corrected chi connectivity index (χ4v) is 1.71. The standard InChI is InChI=1S/C10H22N2O/c1-3-10-9-12(6-5-11-10)7-8-13-4-2/h10-11H,3-9H2,1-2H3. The summed E-state index contributed by atoms with van der Waals surface area (Å²) in [6, 6.07) is 0.690. The van der Waals surface area contributed by atoms with Gasteiger partial charge in [0.05, 0.1) is 6.61 Å². The average molecular weight is 186 g/mol. The molecule has 1 rings (SSSR count). The molecule has 1 atom stereocenters. The van der Waals surface area contributed by atoms with E-state index in [9.17, 15) is 0 Å². The van der Waals surface area contributed by atoms with Gasteiger partial charge in [-0.3, -0.25) is 4.90 Å². The lowest BCUT2D eigenvalue weighted by atomic mass is 10.1. The van der Waals surface area contributed by atoms with Gasteiger partial charge in [0, 0.05) is 38.8 Å². The number of nitrogens with zero attached hydrogens (tertiary/aromatic N) is 1. The molecule has 3 nitrogen and oxygen atoms in total. The zero-order valence-corrected chi connectivity index (χ0v) is 8.88. The summed E-state index contributed by atoms with van der Waals surface area (Å²) in [6.07, 6.45) is 1.23. The molecule has 78 valence electrons. The van der Waals surface area contributed by atoms with Crippen LogP contribution in [0.1, 0.15) is 20.3 Å². The Morgan fingerprint density at radius 3 is 3.00 bits per heavy atom. The molecule has 0 spiro atoms. The third kappa shape index (κ3) is 4.07. The van der Waals surface area contributed by atoms with E-state index in [0.717, 1.165) is 26.3 Å². The van der Waals surface area contributed by atoms with Gasteiger partial charge in [0.15, 0.2) is 0 Å². The van der Waals surface area contributed by atoms with Crippen LogP contribution >= 0.6 is 0 Å². The van der Waals surface area contributed by atoms with Crippen LogP contribution in [0, 0.1) is 0 Å². The van der Waals surface area contributed by atoms with Crippen molar-refractivity contribution in [3.05, 3.63) is 0 Å². The molecule has 0 aromatic rings. The van der Waals surface area contributed by atoms with Crippen LogP contribution in [0.4, 0.5) is 0 Å². The summed E-state index contributed by atoms with van der Waals surface area (Å²) in [5, 5.41) is 3.51. The van der Waals surface area contributed by atoms with E-state index in [4.69, 9.17) is 4.74 Å². The number of hydrogen-bond acceptors (Lipinski definition) is 3. The summed E-state index contributed by atoms with van der Waals surface area (Å²) in [5.74, 6) is 0. The number of piperazine rings is 1. The van der Waals surface area contributed by atoms with Gasteiger partial charge in [0.25, 0.3) is 0 Å². The Balaban J connectivity index is 2.11. The van der Waals surface area contributed by atoms with E-state index in [1.54, 1.807) is 0 Å². The molecule has 1 N–H and O–H groups in total. The van der Waals surface area contributed by atoms with Gasteiger partial charge in [0.2, 0.25) is 0 Å². The van der Waals surface area contributed by atoms with Crippen molar-refractivity contribution in [1.82, 2.24) is 10.2 Å². The Bertz CT molecular complexity index is 130. The Hall–Kier alpha value is -0.120. The maximum absolute atomic E-state index is 5.34. The first-order valence-corrected chi connectivity index (χ1v) is 5.40. The average Bonchev–Trinajstić information content (AvgIpc) is 2.19. The highest BCUT2D eigenvalue weighted by atomic mass is 16.5. The van der Waals surface area contributed by atoms with Gasteiger partial charge >= 0.3 is 0 Å². The molecular weight excluding hydrogens is 164 g/mol. The molecular formula is C10H22N2O. The van der Waals surface area contributed by atoms with Crippen molar-refractivity contribution in [2.24, 2.45) is 0 Å². The van der Waals surface area contributed by atoms with Gasteiger partial charge in [-0.25, -0.2) is 0 Å². The molecule has 0 aliphatic carbocycles. The fraction of sp³-hybridized carbons (Fsp3) is 1.00. The van der Waals surface area contributed by atoms with Crippen LogP contribution in [-0.4, -0.2) is 50.3 Å². The van der Waals surface area contributed by atoms with Crippen molar-refractivity contribution in [3.8, 4) is 0 Å². The summed E-state index contributed by atoms with van der Waals surface area (Å²) >= 11 is 0. The Labute approximate surface area is 81.4 Å². The topological polar surface area (TPSA) is 24.5 Å². The van der Waals surface area contributed by atoms with Gasteiger partial charge in [-0.15, -0.1) is 0 Å². The maximum Gasteiger partial charge on any atom is 0.0593 e. The van der Waals surface area contributed by atoms with Gasteiger partial charge in [0.1, 0.15) is 0 Å². The van der Waals surface area contributed by atoms with Gasteiger partial charge < -0.3 is 10.1 Å². The Morgan fingerprint density at radius 1 is 1.46 bits per heavy atom. The van der Waals surface area contributed by atoms with E-state index in [1.807, 2.05) is 6.92 Å². The minimum Gasteiger partial charge on any atom is -0.380 e. The maximum atomic E-state index is 5.34. The van der Waals surface area contributed by atoms with Crippen molar-refractivity contribution >= 4 is 0 Å².